The summed E-state index contributed by atoms with van der Waals surface area (Å²) in [4.78, 5) is 14.8. The number of nitrogens with zero attached hydrogens (tertiary/aromatic N) is 3. The van der Waals surface area contributed by atoms with Crippen molar-refractivity contribution in [3.63, 3.8) is 0 Å². The number of hydrogen-bond acceptors (Lipinski definition) is 2. The first-order valence-corrected chi connectivity index (χ1v) is 8.60. The molecule has 1 aromatic carbocycles. The fourth-order valence-electron chi connectivity index (χ4n) is 3.11. The van der Waals surface area contributed by atoms with Gasteiger partial charge in [-0.15, -0.1) is 0 Å². The fraction of sp³-hybridized carbons (Fsp3) is 0.444. The van der Waals surface area contributed by atoms with E-state index in [-0.39, 0.29) is 5.91 Å². The van der Waals surface area contributed by atoms with Gasteiger partial charge in [-0.2, -0.15) is 5.10 Å². The lowest BCUT2D eigenvalue weighted by Crippen LogP contribution is -2.38. The molecule has 0 spiro atoms. The summed E-state index contributed by atoms with van der Waals surface area (Å²) in [5, 5.41) is 5.10. The van der Waals surface area contributed by atoms with Crippen LogP contribution >= 0.6 is 11.6 Å². The van der Waals surface area contributed by atoms with Gasteiger partial charge in [-0.1, -0.05) is 31.5 Å². The van der Waals surface area contributed by atoms with Gasteiger partial charge in [-0.05, 0) is 43.4 Å². The highest BCUT2D eigenvalue weighted by atomic mass is 35.5. The van der Waals surface area contributed by atoms with Gasteiger partial charge in [0.1, 0.15) is 0 Å². The monoisotopic (exact) mass is 331 g/mol. The number of benzene rings is 1. The summed E-state index contributed by atoms with van der Waals surface area (Å²) in [5.41, 5.74) is 2.54. The van der Waals surface area contributed by atoms with E-state index in [1.165, 1.54) is 0 Å². The van der Waals surface area contributed by atoms with Gasteiger partial charge < -0.3 is 4.90 Å². The average Bonchev–Trinajstić information content (AvgIpc) is 2.98. The molecule has 1 amide bonds. The zero-order valence-electron chi connectivity index (χ0n) is 13.6. The van der Waals surface area contributed by atoms with Crippen molar-refractivity contribution >= 4 is 17.5 Å². The Morgan fingerprint density at radius 1 is 1.35 bits per heavy atom. The van der Waals surface area contributed by atoms with E-state index in [9.17, 15) is 4.79 Å². The molecule has 2 heterocycles. The number of piperidine rings is 1. The van der Waals surface area contributed by atoms with Gasteiger partial charge >= 0.3 is 0 Å². The van der Waals surface area contributed by atoms with Crippen LogP contribution in [0.2, 0.25) is 5.02 Å². The van der Waals surface area contributed by atoms with E-state index in [1.54, 1.807) is 6.20 Å². The summed E-state index contributed by atoms with van der Waals surface area (Å²) in [6, 6.07) is 7.55. The minimum Gasteiger partial charge on any atom is -0.339 e. The van der Waals surface area contributed by atoms with E-state index < -0.39 is 0 Å². The Morgan fingerprint density at radius 3 is 2.74 bits per heavy atom. The zero-order valence-corrected chi connectivity index (χ0v) is 14.4. The largest absolute Gasteiger partial charge is 0.339 e. The second-order valence-electron chi connectivity index (χ2n) is 6.22. The molecule has 1 aliphatic heterocycles. The Balaban J connectivity index is 1.90. The Labute approximate surface area is 142 Å². The Hall–Kier alpha value is -1.81. The van der Waals surface area contributed by atoms with Crippen LogP contribution in [0.4, 0.5) is 0 Å². The molecule has 0 unspecified atom stereocenters. The molecule has 0 bridgehead atoms. The maximum atomic E-state index is 12.8. The van der Waals surface area contributed by atoms with E-state index in [1.807, 2.05) is 40.8 Å². The minimum absolute atomic E-state index is 0.0991. The first-order chi connectivity index (χ1) is 11.1. The second kappa shape index (κ2) is 6.75. The number of carbonyl (C=O) groups excluding carboxylic acids is 1. The first kappa shape index (κ1) is 16.1. The van der Waals surface area contributed by atoms with Crippen molar-refractivity contribution in [2.24, 2.45) is 5.92 Å². The van der Waals surface area contributed by atoms with Crippen LogP contribution in [0.3, 0.4) is 0 Å². The van der Waals surface area contributed by atoms with Gasteiger partial charge in [0.15, 0.2) is 0 Å². The first-order valence-electron chi connectivity index (χ1n) is 8.22. The van der Waals surface area contributed by atoms with Crippen molar-refractivity contribution < 1.29 is 4.79 Å². The molecule has 1 fully saturated rings. The molecule has 0 atom stereocenters. The summed E-state index contributed by atoms with van der Waals surface area (Å²) in [7, 11) is 0. The number of aromatic nitrogens is 2. The molecule has 1 saturated heterocycles. The van der Waals surface area contributed by atoms with Crippen LogP contribution in [0.1, 0.15) is 42.7 Å². The molecule has 0 radical (unpaired) electrons. The highest BCUT2D eigenvalue weighted by Gasteiger charge is 2.25. The van der Waals surface area contributed by atoms with Crippen molar-refractivity contribution in [3.05, 3.63) is 46.7 Å². The molecular weight excluding hydrogens is 310 g/mol. The number of amides is 1. The van der Waals surface area contributed by atoms with Gasteiger partial charge in [0.25, 0.3) is 5.91 Å². The summed E-state index contributed by atoms with van der Waals surface area (Å²) < 4.78 is 1.83. The van der Waals surface area contributed by atoms with Crippen LogP contribution in [-0.2, 0) is 6.42 Å². The highest BCUT2D eigenvalue weighted by Crippen LogP contribution is 2.22. The van der Waals surface area contributed by atoms with Gasteiger partial charge in [-0.3, -0.25) is 4.79 Å². The maximum absolute atomic E-state index is 12.8. The minimum atomic E-state index is 0.0991. The number of likely N-dealkylation sites (tertiary alicyclic amines) is 1. The van der Waals surface area contributed by atoms with Crippen LogP contribution < -0.4 is 0 Å². The summed E-state index contributed by atoms with van der Waals surface area (Å²) in [6.45, 7) is 5.97. The molecule has 23 heavy (non-hydrogen) atoms. The van der Waals surface area contributed by atoms with Crippen molar-refractivity contribution in [2.75, 3.05) is 13.1 Å². The lowest BCUT2D eigenvalue weighted by atomic mass is 9.98. The van der Waals surface area contributed by atoms with E-state index in [4.69, 9.17) is 11.6 Å². The summed E-state index contributed by atoms with van der Waals surface area (Å²) in [6.07, 6.45) is 4.60. The predicted molar refractivity (Wildman–Crippen MR) is 92.3 cm³/mol. The molecule has 1 aromatic heterocycles. The Bertz CT molecular complexity index is 702. The van der Waals surface area contributed by atoms with Gasteiger partial charge in [-0.25, -0.2) is 4.68 Å². The van der Waals surface area contributed by atoms with Crippen molar-refractivity contribution in [2.45, 2.75) is 33.1 Å². The van der Waals surface area contributed by atoms with Crippen LogP contribution in [0.25, 0.3) is 5.69 Å². The lowest BCUT2D eigenvalue weighted by Gasteiger charge is -2.30. The van der Waals surface area contributed by atoms with E-state index in [2.05, 4.69) is 12.0 Å². The van der Waals surface area contributed by atoms with Crippen molar-refractivity contribution in [1.29, 1.82) is 0 Å². The van der Waals surface area contributed by atoms with Gasteiger partial charge in [0.05, 0.1) is 23.1 Å². The maximum Gasteiger partial charge on any atom is 0.257 e. The molecule has 3 rings (SSSR count). The second-order valence-corrected chi connectivity index (χ2v) is 6.66. The predicted octanol–water partition coefficient (Wildman–Crippen LogP) is 3.96. The number of rotatable bonds is 3. The van der Waals surface area contributed by atoms with Crippen LogP contribution in [0, 0.1) is 5.92 Å². The normalized spacial score (nSPS) is 15.9. The topological polar surface area (TPSA) is 38.1 Å². The molecule has 5 heteroatoms. The molecule has 2 aromatic rings. The molecule has 4 nitrogen and oxygen atoms in total. The summed E-state index contributed by atoms with van der Waals surface area (Å²) in [5.74, 6) is 0.806. The molecule has 0 N–H and O–H groups in total. The summed E-state index contributed by atoms with van der Waals surface area (Å²) >= 11 is 6.08. The van der Waals surface area contributed by atoms with E-state index in [0.717, 1.165) is 43.7 Å². The molecular formula is C18H22ClN3O. The van der Waals surface area contributed by atoms with Crippen LogP contribution in [0.15, 0.2) is 30.5 Å². The molecule has 122 valence electrons. The van der Waals surface area contributed by atoms with Crippen LogP contribution in [0.5, 0.6) is 0 Å². The third-order valence-electron chi connectivity index (χ3n) is 4.56. The number of carbonyl (C=O) groups is 1. The third kappa shape index (κ3) is 3.27. The highest BCUT2D eigenvalue weighted by molar-refractivity contribution is 6.30. The molecule has 0 saturated carbocycles. The lowest BCUT2D eigenvalue weighted by molar-refractivity contribution is 0.0696. The number of hydrogen-bond donors (Lipinski definition) is 0. The van der Waals surface area contributed by atoms with Gasteiger partial charge in [0.2, 0.25) is 0 Å². The molecule has 0 aliphatic carbocycles. The van der Waals surface area contributed by atoms with Crippen LogP contribution in [-0.4, -0.2) is 33.7 Å². The quantitative estimate of drug-likeness (QED) is 0.853. The van der Waals surface area contributed by atoms with Gasteiger partial charge in [0, 0.05) is 18.1 Å². The molecule has 1 aliphatic rings. The van der Waals surface area contributed by atoms with E-state index in [0.29, 0.717) is 16.5 Å². The zero-order chi connectivity index (χ0) is 16.4. The Morgan fingerprint density at radius 2 is 2.09 bits per heavy atom. The number of halogens is 1. The third-order valence-corrected chi connectivity index (χ3v) is 4.79. The SMILES string of the molecule is CCc1c(C(=O)N2CCC(C)CC2)cnn1-c1cccc(Cl)c1. The average molecular weight is 332 g/mol. The smallest absolute Gasteiger partial charge is 0.257 e. The fourth-order valence-corrected chi connectivity index (χ4v) is 3.29. The van der Waals surface area contributed by atoms with Crippen molar-refractivity contribution in [1.82, 2.24) is 14.7 Å². The Kier molecular flexibility index (Phi) is 4.71. The standard InChI is InChI=1S/C18H22ClN3O/c1-3-17-16(18(23)21-9-7-13(2)8-10-21)12-20-22(17)15-6-4-5-14(19)11-15/h4-6,11-13H,3,7-10H2,1-2H3. The van der Waals surface area contributed by atoms with Crippen molar-refractivity contribution in [3.8, 4) is 5.69 Å². The van der Waals surface area contributed by atoms with E-state index >= 15 is 0 Å².